The lowest BCUT2D eigenvalue weighted by atomic mass is 10.2. The standard InChI is InChI=1S/C15H12Cl2N2O2S/c16-13-3-1-10(7-14(13)17)9-19-6-5-11-8-12(22(18,20)21)2-4-15(11)19/h1-8H,9H2,(H2,18,20,21). The molecule has 0 saturated heterocycles. The van der Waals surface area contributed by atoms with Crippen LogP contribution in [0.1, 0.15) is 5.56 Å². The fourth-order valence-electron chi connectivity index (χ4n) is 2.33. The van der Waals surface area contributed by atoms with Gasteiger partial charge in [-0.3, -0.25) is 0 Å². The van der Waals surface area contributed by atoms with E-state index in [-0.39, 0.29) is 4.90 Å². The number of halogens is 2. The van der Waals surface area contributed by atoms with Crippen LogP contribution in [0, 0.1) is 0 Å². The van der Waals surface area contributed by atoms with Gasteiger partial charge in [0, 0.05) is 23.6 Å². The SMILES string of the molecule is NS(=O)(=O)c1ccc2c(ccn2Cc2ccc(Cl)c(Cl)c2)c1. The zero-order chi connectivity index (χ0) is 15.9. The van der Waals surface area contributed by atoms with E-state index in [9.17, 15) is 8.42 Å². The molecule has 1 aromatic heterocycles. The number of sulfonamides is 1. The second-order valence-electron chi connectivity index (χ2n) is 4.96. The van der Waals surface area contributed by atoms with E-state index in [4.69, 9.17) is 28.3 Å². The molecule has 0 unspecified atom stereocenters. The number of fused-ring (bicyclic) bond motifs is 1. The average molecular weight is 355 g/mol. The Balaban J connectivity index is 2.00. The lowest BCUT2D eigenvalue weighted by Crippen LogP contribution is -2.11. The predicted molar refractivity (Wildman–Crippen MR) is 88.9 cm³/mol. The number of hydrogen-bond acceptors (Lipinski definition) is 2. The van der Waals surface area contributed by atoms with Crippen LogP contribution in [0.25, 0.3) is 10.9 Å². The monoisotopic (exact) mass is 354 g/mol. The van der Waals surface area contributed by atoms with Gasteiger partial charge in [-0.15, -0.1) is 0 Å². The van der Waals surface area contributed by atoms with Crippen molar-refractivity contribution in [3.63, 3.8) is 0 Å². The number of aromatic nitrogens is 1. The highest BCUT2D eigenvalue weighted by molar-refractivity contribution is 7.89. The highest BCUT2D eigenvalue weighted by Crippen LogP contribution is 2.25. The van der Waals surface area contributed by atoms with Crippen molar-refractivity contribution >= 4 is 44.1 Å². The van der Waals surface area contributed by atoms with E-state index < -0.39 is 10.0 Å². The molecule has 114 valence electrons. The average Bonchev–Trinajstić information content (AvgIpc) is 2.84. The first-order valence-corrected chi connectivity index (χ1v) is 8.70. The molecule has 0 saturated carbocycles. The van der Waals surface area contributed by atoms with Crippen molar-refractivity contribution in [1.29, 1.82) is 0 Å². The van der Waals surface area contributed by atoms with Gasteiger partial charge in [-0.2, -0.15) is 0 Å². The van der Waals surface area contributed by atoms with Crippen LogP contribution < -0.4 is 5.14 Å². The summed E-state index contributed by atoms with van der Waals surface area (Å²) in [6.45, 7) is 0.606. The molecule has 0 aliphatic carbocycles. The highest BCUT2D eigenvalue weighted by Gasteiger charge is 2.10. The summed E-state index contributed by atoms with van der Waals surface area (Å²) >= 11 is 11.9. The predicted octanol–water partition coefficient (Wildman–Crippen LogP) is 3.64. The molecule has 0 atom stereocenters. The minimum Gasteiger partial charge on any atom is -0.343 e. The minimum absolute atomic E-state index is 0.104. The topological polar surface area (TPSA) is 65.1 Å². The van der Waals surface area contributed by atoms with Crippen LogP contribution in [0.3, 0.4) is 0 Å². The summed E-state index contributed by atoms with van der Waals surface area (Å²) in [7, 11) is -3.70. The lowest BCUT2D eigenvalue weighted by molar-refractivity contribution is 0.598. The van der Waals surface area contributed by atoms with Crippen molar-refractivity contribution in [3.8, 4) is 0 Å². The molecular formula is C15H12Cl2N2O2S. The summed E-state index contributed by atoms with van der Waals surface area (Å²) in [5.41, 5.74) is 1.92. The molecule has 0 amide bonds. The Labute approximate surface area is 138 Å². The van der Waals surface area contributed by atoms with E-state index >= 15 is 0 Å². The Morgan fingerprint density at radius 3 is 2.45 bits per heavy atom. The van der Waals surface area contributed by atoms with Gasteiger partial charge in [-0.1, -0.05) is 29.3 Å². The Morgan fingerprint density at radius 1 is 1.00 bits per heavy atom. The van der Waals surface area contributed by atoms with Crippen LogP contribution in [0.15, 0.2) is 53.6 Å². The van der Waals surface area contributed by atoms with Gasteiger partial charge >= 0.3 is 0 Å². The number of nitrogens with two attached hydrogens (primary N) is 1. The van der Waals surface area contributed by atoms with E-state index in [1.54, 1.807) is 18.2 Å². The molecule has 0 aliphatic heterocycles. The van der Waals surface area contributed by atoms with E-state index in [0.717, 1.165) is 16.5 Å². The highest BCUT2D eigenvalue weighted by atomic mass is 35.5. The van der Waals surface area contributed by atoms with Gasteiger partial charge < -0.3 is 4.57 Å². The van der Waals surface area contributed by atoms with Crippen molar-refractivity contribution in [1.82, 2.24) is 4.57 Å². The maximum Gasteiger partial charge on any atom is 0.238 e. The lowest BCUT2D eigenvalue weighted by Gasteiger charge is -2.07. The van der Waals surface area contributed by atoms with Gasteiger partial charge in [0.05, 0.1) is 14.9 Å². The van der Waals surface area contributed by atoms with E-state index in [1.165, 1.54) is 6.07 Å². The normalized spacial score (nSPS) is 12.0. The molecule has 0 aliphatic rings. The maximum atomic E-state index is 11.4. The number of hydrogen-bond donors (Lipinski definition) is 1. The quantitative estimate of drug-likeness (QED) is 0.780. The first-order valence-electron chi connectivity index (χ1n) is 6.40. The summed E-state index contributed by atoms with van der Waals surface area (Å²) in [6, 6.07) is 12.1. The summed E-state index contributed by atoms with van der Waals surface area (Å²) < 4.78 is 24.8. The fraction of sp³-hybridized carbons (Fsp3) is 0.0667. The van der Waals surface area contributed by atoms with Gasteiger partial charge in [0.1, 0.15) is 0 Å². The molecule has 3 rings (SSSR count). The smallest absolute Gasteiger partial charge is 0.238 e. The largest absolute Gasteiger partial charge is 0.343 e. The molecule has 3 aromatic rings. The maximum absolute atomic E-state index is 11.4. The van der Waals surface area contributed by atoms with Crippen LogP contribution in [-0.2, 0) is 16.6 Å². The van der Waals surface area contributed by atoms with Gasteiger partial charge in [0.25, 0.3) is 0 Å². The van der Waals surface area contributed by atoms with Gasteiger partial charge in [0.15, 0.2) is 0 Å². The number of rotatable bonds is 3. The molecule has 0 radical (unpaired) electrons. The summed E-state index contributed by atoms with van der Waals surface area (Å²) in [4.78, 5) is 0.104. The molecule has 0 bridgehead atoms. The molecule has 2 aromatic carbocycles. The molecular weight excluding hydrogens is 343 g/mol. The van der Waals surface area contributed by atoms with Gasteiger partial charge in [-0.25, -0.2) is 13.6 Å². The van der Waals surface area contributed by atoms with Crippen LogP contribution in [0.4, 0.5) is 0 Å². The second kappa shape index (κ2) is 5.59. The minimum atomic E-state index is -3.70. The van der Waals surface area contributed by atoms with Crippen LogP contribution >= 0.6 is 23.2 Å². The van der Waals surface area contributed by atoms with Gasteiger partial charge in [-0.05, 0) is 42.0 Å². The number of benzene rings is 2. The van der Waals surface area contributed by atoms with Crippen molar-refractivity contribution in [2.45, 2.75) is 11.4 Å². The van der Waals surface area contributed by atoms with Crippen molar-refractivity contribution < 1.29 is 8.42 Å². The van der Waals surface area contributed by atoms with Crippen LogP contribution in [0.5, 0.6) is 0 Å². The summed E-state index contributed by atoms with van der Waals surface area (Å²) in [5, 5.41) is 6.98. The Morgan fingerprint density at radius 2 is 1.77 bits per heavy atom. The zero-order valence-electron chi connectivity index (χ0n) is 11.3. The van der Waals surface area contributed by atoms with E-state index in [0.29, 0.717) is 16.6 Å². The second-order valence-corrected chi connectivity index (χ2v) is 7.33. The number of nitrogens with zero attached hydrogens (tertiary/aromatic N) is 1. The molecule has 0 spiro atoms. The molecule has 1 heterocycles. The molecule has 22 heavy (non-hydrogen) atoms. The third kappa shape index (κ3) is 2.98. The first-order chi connectivity index (χ1) is 10.3. The Bertz CT molecular complexity index is 965. The fourth-order valence-corrected chi connectivity index (χ4v) is 3.20. The Hall–Kier alpha value is -1.53. The summed E-state index contributed by atoms with van der Waals surface area (Å²) in [6.07, 6.45) is 1.89. The van der Waals surface area contributed by atoms with Crippen molar-refractivity contribution in [2.24, 2.45) is 5.14 Å². The molecule has 7 heteroatoms. The van der Waals surface area contributed by atoms with Gasteiger partial charge in [0.2, 0.25) is 10.0 Å². The third-order valence-electron chi connectivity index (χ3n) is 3.41. The Kier molecular flexibility index (Phi) is 3.91. The van der Waals surface area contributed by atoms with E-state index in [1.807, 2.05) is 29.0 Å². The van der Waals surface area contributed by atoms with Crippen LogP contribution in [-0.4, -0.2) is 13.0 Å². The van der Waals surface area contributed by atoms with Crippen LogP contribution in [0.2, 0.25) is 10.0 Å². The van der Waals surface area contributed by atoms with Crippen molar-refractivity contribution in [2.75, 3.05) is 0 Å². The van der Waals surface area contributed by atoms with Crippen molar-refractivity contribution in [3.05, 3.63) is 64.3 Å². The molecule has 0 fully saturated rings. The first kappa shape index (κ1) is 15.4. The third-order valence-corrected chi connectivity index (χ3v) is 5.06. The summed E-state index contributed by atoms with van der Waals surface area (Å²) in [5.74, 6) is 0. The molecule has 4 nitrogen and oxygen atoms in total. The van der Waals surface area contributed by atoms with E-state index in [2.05, 4.69) is 0 Å². The zero-order valence-corrected chi connectivity index (χ0v) is 13.7. The molecule has 2 N–H and O–H groups in total. The number of primary sulfonamides is 1.